The van der Waals surface area contributed by atoms with Gasteiger partial charge in [-0.05, 0) is 31.0 Å². The first-order valence-electron chi connectivity index (χ1n) is 8.30. The van der Waals surface area contributed by atoms with Crippen LogP contribution in [0.25, 0.3) is 11.5 Å². The molecule has 0 spiro atoms. The number of nitrogens with two attached hydrogens (primary N) is 1. The predicted octanol–water partition coefficient (Wildman–Crippen LogP) is 3.92. The monoisotopic (exact) mass is 462 g/mol. The topological polar surface area (TPSA) is 76.4 Å². The fraction of sp³-hybridized carbons (Fsp3) is 0.200. The van der Waals surface area contributed by atoms with E-state index >= 15 is 0 Å². The first kappa shape index (κ1) is 20.0. The van der Waals surface area contributed by atoms with Crippen LogP contribution >= 0.6 is 24.0 Å². The molecule has 5 nitrogen and oxygen atoms in total. The number of oxazole rings is 1. The van der Waals surface area contributed by atoms with Gasteiger partial charge in [-0.1, -0.05) is 48.0 Å². The Morgan fingerprint density at radius 1 is 1.12 bits per heavy atom. The highest BCUT2D eigenvalue weighted by Gasteiger charge is 2.06. The van der Waals surface area contributed by atoms with Crippen molar-refractivity contribution in [2.45, 2.75) is 19.9 Å². The van der Waals surface area contributed by atoms with Crippen molar-refractivity contribution in [1.29, 1.82) is 0 Å². The second-order valence-corrected chi connectivity index (χ2v) is 5.87. The summed E-state index contributed by atoms with van der Waals surface area (Å²) in [6, 6.07) is 18.3. The first-order valence-corrected chi connectivity index (χ1v) is 8.30. The first-order chi connectivity index (χ1) is 12.2. The summed E-state index contributed by atoms with van der Waals surface area (Å²) >= 11 is 0. The maximum atomic E-state index is 5.90. The SMILES string of the molecule is Cc1ccc(-c2nc(CN=C(N)NCCc3ccccc3)co2)cc1.I. The second-order valence-electron chi connectivity index (χ2n) is 5.87. The minimum Gasteiger partial charge on any atom is -0.444 e. The molecule has 0 bridgehead atoms. The van der Waals surface area contributed by atoms with Gasteiger partial charge < -0.3 is 15.5 Å². The van der Waals surface area contributed by atoms with Crippen LogP contribution < -0.4 is 11.1 Å². The van der Waals surface area contributed by atoms with Gasteiger partial charge in [0.25, 0.3) is 0 Å². The van der Waals surface area contributed by atoms with E-state index in [0.717, 1.165) is 24.2 Å². The summed E-state index contributed by atoms with van der Waals surface area (Å²) in [6.45, 7) is 3.18. The molecule has 0 aliphatic carbocycles. The molecule has 0 fully saturated rings. The number of aliphatic imine (C=N–C) groups is 1. The molecule has 3 aromatic rings. The van der Waals surface area contributed by atoms with Crippen molar-refractivity contribution in [2.24, 2.45) is 10.7 Å². The third-order valence-corrected chi connectivity index (χ3v) is 3.82. The van der Waals surface area contributed by atoms with Crippen LogP contribution in [0.15, 0.2) is 70.3 Å². The van der Waals surface area contributed by atoms with Crippen molar-refractivity contribution in [3.63, 3.8) is 0 Å². The van der Waals surface area contributed by atoms with Crippen LogP contribution in [0.2, 0.25) is 0 Å². The Labute approximate surface area is 170 Å². The van der Waals surface area contributed by atoms with Crippen LogP contribution in [-0.2, 0) is 13.0 Å². The zero-order chi connectivity index (χ0) is 17.5. The summed E-state index contributed by atoms with van der Waals surface area (Å²) in [5, 5.41) is 3.12. The van der Waals surface area contributed by atoms with E-state index in [4.69, 9.17) is 10.2 Å². The molecule has 6 heteroatoms. The Morgan fingerprint density at radius 3 is 2.58 bits per heavy atom. The molecule has 0 unspecified atom stereocenters. The molecule has 0 aliphatic rings. The molecule has 136 valence electrons. The molecule has 2 aromatic carbocycles. The lowest BCUT2D eigenvalue weighted by atomic mass is 10.1. The number of rotatable bonds is 6. The minimum absolute atomic E-state index is 0. The summed E-state index contributed by atoms with van der Waals surface area (Å²) in [6.07, 6.45) is 2.52. The van der Waals surface area contributed by atoms with Crippen LogP contribution in [0, 0.1) is 6.92 Å². The highest BCUT2D eigenvalue weighted by molar-refractivity contribution is 14.0. The van der Waals surface area contributed by atoms with E-state index in [1.54, 1.807) is 6.26 Å². The van der Waals surface area contributed by atoms with Crippen molar-refractivity contribution >= 4 is 29.9 Å². The van der Waals surface area contributed by atoms with Gasteiger partial charge in [-0.3, -0.25) is 0 Å². The van der Waals surface area contributed by atoms with Crippen molar-refractivity contribution in [3.8, 4) is 11.5 Å². The number of aryl methyl sites for hydroxylation is 1. The van der Waals surface area contributed by atoms with E-state index in [9.17, 15) is 0 Å². The van der Waals surface area contributed by atoms with Crippen LogP contribution in [0.4, 0.5) is 0 Å². The molecular formula is C20H23IN4O. The van der Waals surface area contributed by atoms with Crippen molar-refractivity contribution in [3.05, 3.63) is 77.7 Å². The molecule has 1 heterocycles. The zero-order valence-electron chi connectivity index (χ0n) is 14.7. The van der Waals surface area contributed by atoms with Crippen LogP contribution in [-0.4, -0.2) is 17.5 Å². The molecule has 0 amide bonds. The van der Waals surface area contributed by atoms with Crippen molar-refractivity contribution < 1.29 is 4.42 Å². The summed E-state index contributed by atoms with van der Waals surface area (Å²) in [7, 11) is 0. The standard InChI is InChI=1S/C20H22N4O.HI/c1-15-7-9-17(10-8-15)19-24-18(14-25-19)13-23-20(21)22-12-11-16-5-3-2-4-6-16;/h2-10,14H,11-13H2,1H3,(H3,21,22,23);1H. The number of benzene rings is 2. The molecule has 0 saturated heterocycles. The van der Waals surface area contributed by atoms with Gasteiger partial charge in [0.1, 0.15) is 12.0 Å². The molecular weight excluding hydrogens is 439 g/mol. The lowest BCUT2D eigenvalue weighted by molar-refractivity contribution is 0.572. The highest BCUT2D eigenvalue weighted by atomic mass is 127. The van der Waals surface area contributed by atoms with Crippen LogP contribution in [0.5, 0.6) is 0 Å². The van der Waals surface area contributed by atoms with Gasteiger partial charge in [0.2, 0.25) is 5.89 Å². The minimum atomic E-state index is 0. The number of guanidine groups is 1. The van der Waals surface area contributed by atoms with E-state index in [0.29, 0.717) is 18.4 Å². The van der Waals surface area contributed by atoms with Crippen molar-refractivity contribution in [2.75, 3.05) is 6.54 Å². The van der Waals surface area contributed by atoms with Gasteiger partial charge in [0.15, 0.2) is 5.96 Å². The fourth-order valence-electron chi connectivity index (χ4n) is 2.41. The maximum absolute atomic E-state index is 5.90. The summed E-state index contributed by atoms with van der Waals surface area (Å²) < 4.78 is 5.52. The van der Waals surface area contributed by atoms with E-state index < -0.39 is 0 Å². The second kappa shape index (κ2) is 9.96. The maximum Gasteiger partial charge on any atom is 0.226 e. The zero-order valence-corrected chi connectivity index (χ0v) is 17.0. The Hall–Kier alpha value is -2.35. The van der Waals surface area contributed by atoms with E-state index in [1.165, 1.54) is 11.1 Å². The molecule has 3 N–H and O–H groups in total. The molecule has 0 aliphatic heterocycles. The Balaban J connectivity index is 0.00000243. The van der Waals surface area contributed by atoms with Crippen molar-refractivity contribution in [1.82, 2.24) is 10.3 Å². The Morgan fingerprint density at radius 2 is 1.85 bits per heavy atom. The Bertz CT molecular complexity index is 829. The predicted molar refractivity (Wildman–Crippen MR) is 116 cm³/mol. The summed E-state index contributed by atoms with van der Waals surface area (Å²) in [5.41, 5.74) is 10.1. The average molecular weight is 462 g/mol. The molecule has 1 aromatic heterocycles. The number of halogens is 1. The lowest BCUT2D eigenvalue weighted by Gasteiger charge is -2.05. The van der Waals surface area contributed by atoms with Gasteiger partial charge in [-0.25, -0.2) is 9.98 Å². The van der Waals surface area contributed by atoms with E-state index in [2.05, 4.69) is 27.4 Å². The van der Waals surface area contributed by atoms with Gasteiger partial charge in [0.05, 0.1) is 6.54 Å². The average Bonchev–Trinajstić information content (AvgIpc) is 3.10. The highest BCUT2D eigenvalue weighted by Crippen LogP contribution is 2.19. The molecule has 26 heavy (non-hydrogen) atoms. The molecule has 0 atom stereocenters. The normalized spacial score (nSPS) is 11.0. The summed E-state index contributed by atoms with van der Waals surface area (Å²) in [5.74, 6) is 1.01. The molecule has 3 rings (SSSR count). The van der Waals surface area contributed by atoms with Crippen LogP contribution in [0.3, 0.4) is 0 Å². The van der Waals surface area contributed by atoms with E-state index in [-0.39, 0.29) is 24.0 Å². The Kier molecular flexibility index (Phi) is 7.65. The van der Waals surface area contributed by atoms with E-state index in [1.807, 2.05) is 49.4 Å². The largest absolute Gasteiger partial charge is 0.444 e. The number of aromatic nitrogens is 1. The smallest absolute Gasteiger partial charge is 0.226 e. The van der Waals surface area contributed by atoms with Gasteiger partial charge in [-0.15, -0.1) is 24.0 Å². The number of hydrogen-bond acceptors (Lipinski definition) is 3. The summed E-state index contributed by atoms with van der Waals surface area (Å²) in [4.78, 5) is 8.76. The van der Waals surface area contributed by atoms with Crippen LogP contribution in [0.1, 0.15) is 16.8 Å². The molecule has 0 saturated carbocycles. The number of nitrogens with zero attached hydrogens (tertiary/aromatic N) is 2. The third kappa shape index (κ3) is 5.87. The third-order valence-electron chi connectivity index (χ3n) is 3.82. The number of hydrogen-bond donors (Lipinski definition) is 2. The number of nitrogens with one attached hydrogen (secondary N) is 1. The van der Waals surface area contributed by atoms with Gasteiger partial charge >= 0.3 is 0 Å². The quantitative estimate of drug-likeness (QED) is 0.331. The fourth-order valence-corrected chi connectivity index (χ4v) is 2.41. The van der Waals surface area contributed by atoms with Gasteiger partial charge in [-0.2, -0.15) is 0 Å². The van der Waals surface area contributed by atoms with Gasteiger partial charge in [0, 0.05) is 12.1 Å². The molecule has 0 radical (unpaired) electrons. The lowest BCUT2D eigenvalue weighted by Crippen LogP contribution is -2.33.